The van der Waals surface area contributed by atoms with Crippen LogP contribution in [0.2, 0.25) is 0 Å². The lowest BCUT2D eigenvalue weighted by molar-refractivity contribution is -0.142. The topological polar surface area (TPSA) is 249 Å². The van der Waals surface area contributed by atoms with E-state index in [0.717, 1.165) is 0 Å². The minimum absolute atomic E-state index is 0.0239. The van der Waals surface area contributed by atoms with Crippen LogP contribution in [0.15, 0.2) is 72.8 Å². The number of aliphatic carboxylic acids is 2. The van der Waals surface area contributed by atoms with Crippen LogP contribution in [0.4, 0.5) is 0 Å². The monoisotopic (exact) mass is 622 g/mol. The summed E-state index contributed by atoms with van der Waals surface area (Å²) >= 11 is 0. The van der Waals surface area contributed by atoms with Crippen LogP contribution in [0.25, 0.3) is 0 Å². The highest BCUT2D eigenvalue weighted by molar-refractivity contribution is 5.95. The van der Waals surface area contributed by atoms with Gasteiger partial charge in [-0.3, -0.25) is 19.2 Å². The van der Waals surface area contributed by atoms with Gasteiger partial charge in [0.05, 0.1) is 12.5 Å². The molecule has 0 fully saturated rings. The van der Waals surface area contributed by atoms with Gasteiger partial charge in [-0.25, -0.2) is 4.79 Å². The van der Waals surface area contributed by atoms with Crippen molar-refractivity contribution in [2.75, 3.05) is 0 Å². The SMILES string of the molecule is NC(CC(=O)O)C(=O)NC(Cc1ccc(O)cc1)C(=O)NC(Cc1ccc(O)cc1)C(=O)NC(Cc1ccc(O)cc1)C(=O)O. The van der Waals surface area contributed by atoms with Crippen molar-refractivity contribution in [1.29, 1.82) is 0 Å². The summed E-state index contributed by atoms with van der Waals surface area (Å²) in [5, 5.41) is 55.0. The molecule has 14 heteroatoms. The number of hydrogen-bond donors (Lipinski definition) is 9. The van der Waals surface area contributed by atoms with Crippen LogP contribution in [-0.2, 0) is 43.2 Å². The lowest BCUT2D eigenvalue weighted by Crippen LogP contribution is -2.58. The Hall–Kier alpha value is -5.63. The van der Waals surface area contributed by atoms with Crippen LogP contribution < -0.4 is 21.7 Å². The Morgan fingerprint density at radius 3 is 1.18 bits per heavy atom. The molecular formula is C31H34N4O10. The number of carbonyl (C=O) groups is 5. The molecule has 4 unspecified atom stereocenters. The van der Waals surface area contributed by atoms with Crippen molar-refractivity contribution in [3.8, 4) is 17.2 Å². The fraction of sp³-hybridized carbons (Fsp3) is 0.258. The molecule has 0 aliphatic heterocycles. The molecule has 0 heterocycles. The van der Waals surface area contributed by atoms with Gasteiger partial charge in [0.15, 0.2) is 0 Å². The molecule has 4 atom stereocenters. The number of phenolic OH excluding ortho intramolecular Hbond substituents is 3. The van der Waals surface area contributed by atoms with Gasteiger partial charge in [0, 0.05) is 19.3 Å². The molecule has 0 aromatic heterocycles. The Kier molecular flexibility index (Phi) is 11.8. The van der Waals surface area contributed by atoms with Gasteiger partial charge >= 0.3 is 11.9 Å². The summed E-state index contributed by atoms with van der Waals surface area (Å²) in [6.45, 7) is 0. The van der Waals surface area contributed by atoms with Crippen molar-refractivity contribution < 1.29 is 49.5 Å². The molecule has 3 aromatic rings. The van der Waals surface area contributed by atoms with Gasteiger partial charge in [0.2, 0.25) is 17.7 Å². The number of carboxylic acids is 2. The smallest absolute Gasteiger partial charge is 0.326 e. The van der Waals surface area contributed by atoms with Gasteiger partial charge in [-0.05, 0) is 53.1 Å². The summed E-state index contributed by atoms with van der Waals surface area (Å²) in [4.78, 5) is 62.9. The molecule has 10 N–H and O–H groups in total. The lowest BCUT2D eigenvalue weighted by Gasteiger charge is -2.25. The normalized spacial score (nSPS) is 13.4. The fourth-order valence-corrected chi connectivity index (χ4v) is 4.33. The van der Waals surface area contributed by atoms with Crippen LogP contribution in [-0.4, -0.2) is 79.4 Å². The maximum absolute atomic E-state index is 13.6. The molecule has 14 nitrogen and oxygen atoms in total. The average molecular weight is 623 g/mol. The molecule has 238 valence electrons. The molecule has 0 spiro atoms. The first-order valence-corrected chi connectivity index (χ1v) is 13.8. The third-order valence-electron chi connectivity index (χ3n) is 6.74. The maximum Gasteiger partial charge on any atom is 0.326 e. The number of amides is 3. The summed E-state index contributed by atoms with van der Waals surface area (Å²) in [7, 11) is 0. The second kappa shape index (κ2) is 15.7. The Balaban J connectivity index is 1.87. The van der Waals surface area contributed by atoms with Crippen molar-refractivity contribution in [1.82, 2.24) is 16.0 Å². The second-order valence-electron chi connectivity index (χ2n) is 10.3. The van der Waals surface area contributed by atoms with Gasteiger partial charge in [-0.1, -0.05) is 36.4 Å². The third-order valence-corrected chi connectivity index (χ3v) is 6.74. The number of phenols is 3. The second-order valence-corrected chi connectivity index (χ2v) is 10.3. The number of rotatable bonds is 15. The van der Waals surface area contributed by atoms with Crippen LogP contribution in [0, 0.1) is 0 Å². The van der Waals surface area contributed by atoms with Crippen LogP contribution >= 0.6 is 0 Å². The summed E-state index contributed by atoms with van der Waals surface area (Å²) in [6, 6.07) is 11.6. The zero-order valence-corrected chi connectivity index (χ0v) is 23.9. The first-order valence-electron chi connectivity index (χ1n) is 13.8. The van der Waals surface area contributed by atoms with Crippen LogP contribution in [0.3, 0.4) is 0 Å². The molecule has 0 saturated heterocycles. The minimum Gasteiger partial charge on any atom is -0.508 e. The van der Waals surface area contributed by atoms with E-state index in [9.17, 15) is 44.4 Å². The number of benzene rings is 3. The highest BCUT2D eigenvalue weighted by Gasteiger charge is 2.31. The number of nitrogens with two attached hydrogens (primary N) is 1. The largest absolute Gasteiger partial charge is 0.508 e. The van der Waals surface area contributed by atoms with E-state index < -0.39 is 60.2 Å². The van der Waals surface area contributed by atoms with E-state index in [2.05, 4.69) is 16.0 Å². The Bertz CT molecular complexity index is 1490. The molecule has 0 saturated carbocycles. The van der Waals surface area contributed by atoms with E-state index in [1.54, 1.807) is 0 Å². The predicted octanol–water partition coefficient (Wildman–Crippen LogP) is 0.172. The van der Waals surface area contributed by atoms with Crippen molar-refractivity contribution in [3.05, 3.63) is 89.5 Å². The molecular weight excluding hydrogens is 588 g/mol. The van der Waals surface area contributed by atoms with Crippen molar-refractivity contribution in [2.45, 2.75) is 49.9 Å². The first kappa shape index (κ1) is 33.9. The van der Waals surface area contributed by atoms with E-state index in [-0.39, 0.29) is 36.5 Å². The summed E-state index contributed by atoms with van der Waals surface area (Å²) in [6.07, 6.45) is -1.11. The standard InChI is InChI=1S/C31H34N4O10/c32-23(16-27(39)40)28(41)33-24(13-17-1-7-20(36)8-2-17)29(42)34-25(14-18-3-9-21(37)10-4-18)30(43)35-26(31(44)45)15-19-5-11-22(38)12-6-19/h1-12,23-26,36-38H,13-16,32H2,(H,33,41)(H,34,42)(H,35,43)(H,39,40)(H,44,45). The Morgan fingerprint density at radius 2 is 0.844 bits per heavy atom. The molecule has 0 radical (unpaired) electrons. The number of carboxylic acid groups (broad SMARTS) is 2. The van der Waals surface area contributed by atoms with Crippen LogP contribution in [0.5, 0.6) is 17.2 Å². The average Bonchev–Trinajstić information content (AvgIpc) is 2.98. The Morgan fingerprint density at radius 1 is 0.533 bits per heavy atom. The molecule has 3 aromatic carbocycles. The number of aromatic hydroxyl groups is 3. The van der Waals surface area contributed by atoms with Gasteiger partial charge in [-0.2, -0.15) is 0 Å². The van der Waals surface area contributed by atoms with Gasteiger partial charge in [-0.15, -0.1) is 0 Å². The van der Waals surface area contributed by atoms with Crippen LogP contribution in [0.1, 0.15) is 23.1 Å². The van der Waals surface area contributed by atoms with E-state index in [0.29, 0.717) is 16.7 Å². The summed E-state index contributed by atoms with van der Waals surface area (Å²) in [5.41, 5.74) is 7.20. The van der Waals surface area contributed by atoms with E-state index in [4.69, 9.17) is 10.8 Å². The molecule has 0 bridgehead atoms. The molecule has 0 aliphatic carbocycles. The van der Waals surface area contributed by atoms with Gasteiger partial charge in [0.1, 0.15) is 35.4 Å². The first-order chi connectivity index (χ1) is 21.3. The lowest BCUT2D eigenvalue weighted by atomic mass is 10.0. The molecule has 3 rings (SSSR count). The van der Waals surface area contributed by atoms with Gasteiger partial charge < -0.3 is 47.2 Å². The number of hydrogen-bond acceptors (Lipinski definition) is 9. The zero-order chi connectivity index (χ0) is 33.1. The fourth-order valence-electron chi connectivity index (χ4n) is 4.33. The van der Waals surface area contributed by atoms with E-state index in [1.165, 1.54) is 72.8 Å². The van der Waals surface area contributed by atoms with Crippen molar-refractivity contribution >= 4 is 29.7 Å². The highest BCUT2D eigenvalue weighted by atomic mass is 16.4. The highest BCUT2D eigenvalue weighted by Crippen LogP contribution is 2.15. The minimum atomic E-state index is -1.48. The van der Waals surface area contributed by atoms with E-state index >= 15 is 0 Å². The zero-order valence-electron chi connectivity index (χ0n) is 23.9. The molecule has 3 amide bonds. The molecule has 0 aliphatic rings. The number of carbonyl (C=O) groups excluding carboxylic acids is 3. The maximum atomic E-state index is 13.6. The third kappa shape index (κ3) is 10.9. The predicted molar refractivity (Wildman–Crippen MR) is 159 cm³/mol. The molecule has 45 heavy (non-hydrogen) atoms. The van der Waals surface area contributed by atoms with Gasteiger partial charge in [0.25, 0.3) is 0 Å². The Labute approximate surface area is 257 Å². The summed E-state index contributed by atoms with van der Waals surface area (Å²) < 4.78 is 0. The summed E-state index contributed by atoms with van der Waals surface area (Å²) in [5.74, 6) is -5.45. The quantitative estimate of drug-likeness (QED) is 0.110. The van der Waals surface area contributed by atoms with E-state index in [1.807, 2.05) is 0 Å². The van der Waals surface area contributed by atoms with Crippen molar-refractivity contribution in [3.63, 3.8) is 0 Å². The number of nitrogens with one attached hydrogen (secondary N) is 3. The van der Waals surface area contributed by atoms with Crippen molar-refractivity contribution in [2.24, 2.45) is 5.73 Å².